The second-order valence-electron chi connectivity index (χ2n) is 5.23. The summed E-state index contributed by atoms with van der Waals surface area (Å²) in [6.07, 6.45) is 0.971. The van der Waals surface area contributed by atoms with Gasteiger partial charge in [-0.3, -0.25) is 0 Å². The fourth-order valence-corrected chi connectivity index (χ4v) is 2.64. The monoisotopic (exact) mass is 281 g/mol. The standard InChI is InChI=1S/C14H20ClN3O/c1-9-3-4-12(6-13(9)15)17-14(19)18-8-11(7-16)5-10(18)2/h3-4,6,10-11H,5,7-8,16H2,1-2H3,(H,17,19). The number of hydrogen-bond donors (Lipinski definition) is 2. The Hall–Kier alpha value is -1.26. The fourth-order valence-electron chi connectivity index (χ4n) is 2.46. The van der Waals surface area contributed by atoms with Crippen LogP contribution in [0.15, 0.2) is 18.2 Å². The highest BCUT2D eigenvalue weighted by molar-refractivity contribution is 6.31. The van der Waals surface area contributed by atoms with Crippen molar-refractivity contribution in [2.45, 2.75) is 26.3 Å². The highest BCUT2D eigenvalue weighted by Gasteiger charge is 2.31. The third-order valence-corrected chi connectivity index (χ3v) is 4.09. The zero-order valence-electron chi connectivity index (χ0n) is 11.3. The average Bonchev–Trinajstić information content (AvgIpc) is 2.75. The maximum Gasteiger partial charge on any atom is 0.322 e. The van der Waals surface area contributed by atoms with Crippen molar-refractivity contribution >= 4 is 23.3 Å². The van der Waals surface area contributed by atoms with Gasteiger partial charge in [-0.1, -0.05) is 17.7 Å². The molecular weight excluding hydrogens is 262 g/mol. The number of carbonyl (C=O) groups excluding carboxylic acids is 1. The van der Waals surface area contributed by atoms with Gasteiger partial charge in [0.1, 0.15) is 0 Å². The highest BCUT2D eigenvalue weighted by atomic mass is 35.5. The Morgan fingerprint density at radius 1 is 1.58 bits per heavy atom. The minimum Gasteiger partial charge on any atom is -0.330 e. The maximum atomic E-state index is 12.2. The van der Waals surface area contributed by atoms with E-state index >= 15 is 0 Å². The molecule has 2 atom stereocenters. The van der Waals surface area contributed by atoms with E-state index in [0.29, 0.717) is 17.5 Å². The lowest BCUT2D eigenvalue weighted by atomic mass is 10.1. The predicted molar refractivity (Wildman–Crippen MR) is 78.5 cm³/mol. The van der Waals surface area contributed by atoms with E-state index in [4.69, 9.17) is 17.3 Å². The van der Waals surface area contributed by atoms with Gasteiger partial charge in [0.2, 0.25) is 0 Å². The molecule has 2 unspecified atom stereocenters. The number of nitrogens with zero attached hydrogens (tertiary/aromatic N) is 1. The number of anilines is 1. The van der Waals surface area contributed by atoms with Gasteiger partial charge in [-0.2, -0.15) is 0 Å². The minimum absolute atomic E-state index is 0.0802. The van der Waals surface area contributed by atoms with Crippen molar-refractivity contribution in [3.8, 4) is 0 Å². The number of nitrogens with two attached hydrogens (primary N) is 1. The molecule has 1 aromatic carbocycles. The Morgan fingerprint density at radius 2 is 2.32 bits per heavy atom. The molecule has 3 N–H and O–H groups in total. The highest BCUT2D eigenvalue weighted by Crippen LogP contribution is 2.24. The zero-order valence-corrected chi connectivity index (χ0v) is 12.1. The quantitative estimate of drug-likeness (QED) is 0.876. The molecule has 104 valence electrons. The molecule has 0 bridgehead atoms. The van der Waals surface area contributed by atoms with Crippen LogP contribution in [0, 0.1) is 12.8 Å². The summed E-state index contributed by atoms with van der Waals surface area (Å²) in [6, 6.07) is 5.68. The van der Waals surface area contributed by atoms with Gasteiger partial charge >= 0.3 is 6.03 Å². The van der Waals surface area contributed by atoms with Crippen LogP contribution in [0.25, 0.3) is 0 Å². The van der Waals surface area contributed by atoms with Gasteiger partial charge in [0.15, 0.2) is 0 Å². The molecule has 2 amide bonds. The van der Waals surface area contributed by atoms with Crippen molar-refractivity contribution in [3.05, 3.63) is 28.8 Å². The minimum atomic E-state index is -0.0802. The summed E-state index contributed by atoms with van der Waals surface area (Å²) in [7, 11) is 0. The number of urea groups is 1. The molecule has 0 saturated carbocycles. The van der Waals surface area contributed by atoms with Crippen LogP contribution in [0.4, 0.5) is 10.5 Å². The van der Waals surface area contributed by atoms with Crippen LogP contribution in [0.5, 0.6) is 0 Å². The van der Waals surface area contributed by atoms with E-state index in [1.54, 1.807) is 6.07 Å². The number of amides is 2. The average molecular weight is 282 g/mol. The summed E-state index contributed by atoms with van der Waals surface area (Å²) in [4.78, 5) is 14.1. The number of benzene rings is 1. The van der Waals surface area contributed by atoms with Gasteiger partial charge in [0.25, 0.3) is 0 Å². The van der Waals surface area contributed by atoms with Gasteiger partial charge in [0.05, 0.1) is 0 Å². The zero-order chi connectivity index (χ0) is 14.0. The van der Waals surface area contributed by atoms with Crippen LogP contribution in [0.1, 0.15) is 18.9 Å². The lowest BCUT2D eigenvalue weighted by Gasteiger charge is -2.22. The van der Waals surface area contributed by atoms with E-state index in [-0.39, 0.29) is 12.1 Å². The third-order valence-electron chi connectivity index (χ3n) is 3.68. The molecule has 19 heavy (non-hydrogen) atoms. The number of carbonyl (C=O) groups is 1. The summed E-state index contributed by atoms with van der Waals surface area (Å²) < 4.78 is 0. The number of halogens is 1. The molecule has 1 aliphatic rings. The lowest BCUT2D eigenvalue weighted by Crippen LogP contribution is -2.37. The summed E-state index contributed by atoms with van der Waals surface area (Å²) >= 11 is 6.05. The molecule has 0 spiro atoms. The first-order chi connectivity index (χ1) is 9.01. The molecule has 1 fully saturated rings. The largest absolute Gasteiger partial charge is 0.330 e. The fraction of sp³-hybridized carbons (Fsp3) is 0.500. The summed E-state index contributed by atoms with van der Waals surface area (Å²) in [6.45, 7) is 5.34. The molecule has 1 heterocycles. The third kappa shape index (κ3) is 3.19. The smallest absolute Gasteiger partial charge is 0.322 e. The Morgan fingerprint density at radius 3 is 2.89 bits per heavy atom. The molecule has 1 aliphatic heterocycles. The van der Waals surface area contributed by atoms with E-state index in [0.717, 1.165) is 24.2 Å². The van der Waals surface area contributed by atoms with Crippen LogP contribution in [0.2, 0.25) is 5.02 Å². The van der Waals surface area contributed by atoms with Crippen molar-refractivity contribution in [2.75, 3.05) is 18.4 Å². The first kappa shape index (κ1) is 14.2. The van der Waals surface area contributed by atoms with E-state index in [1.165, 1.54) is 0 Å². The Bertz CT molecular complexity index is 478. The molecule has 4 nitrogen and oxygen atoms in total. The van der Waals surface area contributed by atoms with Gasteiger partial charge in [-0.05, 0) is 50.4 Å². The Kier molecular flexibility index (Phi) is 4.32. The molecule has 0 radical (unpaired) electrons. The van der Waals surface area contributed by atoms with Gasteiger partial charge in [-0.25, -0.2) is 4.79 Å². The van der Waals surface area contributed by atoms with Crippen LogP contribution >= 0.6 is 11.6 Å². The van der Waals surface area contributed by atoms with Crippen molar-refractivity contribution < 1.29 is 4.79 Å². The van der Waals surface area contributed by atoms with E-state index in [9.17, 15) is 4.79 Å². The van der Waals surface area contributed by atoms with Crippen molar-refractivity contribution in [1.82, 2.24) is 4.90 Å². The molecule has 0 aromatic heterocycles. The van der Waals surface area contributed by atoms with E-state index in [2.05, 4.69) is 12.2 Å². The van der Waals surface area contributed by atoms with Crippen LogP contribution in [-0.4, -0.2) is 30.1 Å². The number of nitrogens with one attached hydrogen (secondary N) is 1. The number of rotatable bonds is 2. The van der Waals surface area contributed by atoms with E-state index in [1.807, 2.05) is 24.0 Å². The van der Waals surface area contributed by atoms with Crippen LogP contribution in [0.3, 0.4) is 0 Å². The first-order valence-electron chi connectivity index (χ1n) is 6.55. The maximum absolute atomic E-state index is 12.2. The van der Waals surface area contributed by atoms with Crippen LogP contribution in [-0.2, 0) is 0 Å². The molecule has 1 aromatic rings. The molecular formula is C14H20ClN3O. The van der Waals surface area contributed by atoms with Gasteiger partial charge in [-0.15, -0.1) is 0 Å². The van der Waals surface area contributed by atoms with Crippen molar-refractivity contribution in [2.24, 2.45) is 11.7 Å². The first-order valence-corrected chi connectivity index (χ1v) is 6.93. The molecule has 5 heteroatoms. The molecule has 1 saturated heterocycles. The second-order valence-corrected chi connectivity index (χ2v) is 5.64. The summed E-state index contributed by atoms with van der Waals surface area (Å²) in [5, 5.41) is 3.55. The van der Waals surface area contributed by atoms with Crippen molar-refractivity contribution in [3.63, 3.8) is 0 Å². The molecule has 2 rings (SSSR count). The molecule has 0 aliphatic carbocycles. The number of aryl methyl sites for hydroxylation is 1. The second kappa shape index (κ2) is 5.80. The van der Waals surface area contributed by atoms with E-state index < -0.39 is 0 Å². The normalized spacial score (nSPS) is 22.6. The van der Waals surface area contributed by atoms with Gasteiger partial charge in [0, 0.05) is 23.3 Å². The SMILES string of the molecule is Cc1ccc(NC(=O)N2CC(CN)CC2C)cc1Cl. The summed E-state index contributed by atoms with van der Waals surface area (Å²) in [5.74, 6) is 0.405. The number of likely N-dealkylation sites (tertiary alicyclic amines) is 1. The Balaban J connectivity index is 2.03. The number of hydrogen-bond acceptors (Lipinski definition) is 2. The van der Waals surface area contributed by atoms with Crippen molar-refractivity contribution in [1.29, 1.82) is 0 Å². The lowest BCUT2D eigenvalue weighted by molar-refractivity contribution is 0.209. The predicted octanol–water partition coefficient (Wildman–Crippen LogP) is 2.85. The summed E-state index contributed by atoms with van der Waals surface area (Å²) in [5.41, 5.74) is 7.40. The van der Waals surface area contributed by atoms with Crippen LogP contribution < -0.4 is 11.1 Å². The Labute approximate surface area is 118 Å². The topological polar surface area (TPSA) is 58.4 Å². The van der Waals surface area contributed by atoms with Gasteiger partial charge < -0.3 is 16.0 Å².